The molecule has 1 aromatic rings. The third kappa shape index (κ3) is 3.97. The molecule has 1 aliphatic carbocycles. The maximum atomic E-state index is 13.6. The van der Waals surface area contributed by atoms with E-state index in [4.69, 9.17) is 0 Å². The lowest BCUT2D eigenvalue weighted by atomic mass is 9.58. The van der Waals surface area contributed by atoms with E-state index in [0.29, 0.717) is 0 Å². The molecular formula is C18H28FNO. The first-order valence-corrected chi connectivity index (χ1v) is 7.71. The molecule has 0 aliphatic heterocycles. The number of anilines is 1. The van der Waals surface area contributed by atoms with Crippen LogP contribution in [0.15, 0.2) is 18.2 Å². The Hall–Kier alpha value is -1.09. The molecule has 2 rings (SSSR count). The number of aliphatic hydroxyl groups is 1. The van der Waals surface area contributed by atoms with Crippen molar-refractivity contribution in [1.29, 1.82) is 0 Å². The van der Waals surface area contributed by atoms with Crippen molar-refractivity contribution in [3.63, 3.8) is 0 Å². The zero-order valence-corrected chi connectivity index (χ0v) is 13.9. The molecule has 1 aliphatic rings. The summed E-state index contributed by atoms with van der Waals surface area (Å²) in [4.78, 5) is 0. The van der Waals surface area contributed by atoms with Gasteiger partial charge in [-0.1, -0.05) is 27.7 Å². The monoisotopic (exact) mass is 293 g/mol. The van der Waals surface area contributed by atoms with Crippen molar-refractivity contribution >= 4 is 5.69 Å². The second kappa shape index (κ2) is 5.28. The third-order valence-corrected chi connectivity index (χ3v) is 4.35. The van der Waals surface area contributed by atoms with Gasteiger partial charge in [-0.2, -0.15) is 0 Å². The lowest BCUT2D eigenvalue weighted by Gasteiger charge is -2.52. The minimum absolute atomic E-state index is 0.0649. The van der Waals surface area contributed by atoms with Crippen LogP contribution in [0.25, 0.3) is 0 Å². The first-order valence-electron chi connectivity index (χ1n) is 7.71. The molecule has 0 bridgehead atoms. The van der Waals surface area contributed by atoms with Gasteiger partial charge in [-0.05, 0) is 60.8 Å². The van der Waals surface area contributed by atoms with Gasteiger partial charge in [0.15, 0.2) is 0 Å². The highest BCUT2D eigenvalue weighted by Crippen LogP contribution is 2.51. The number of halogens is 1. The molecule has 0 radical (unpaired) electrons. The van der Waals surface area contributed by atoms with Gasteiger partial charge in [-0.25, -0.2) is 4.39 Å². The average molecular weight is 293 g/mol. The first kappa shape index (κ1) is 16.3. The van der Waals surface area contributed by atoms with Crippen LogP contribution in [-0.2, 0) is 0 Å². The van der Waals surface area contributed by atoms with Crippen molar-refractivity contribution in [2.75, 3.05) is 11.9 Å². The summed E-state index contributed by atoms with van der Waals surface area (Å²) in [5, 5.41) is 13.5. The van der Waals surface area contributed by atoms with Gasteiger partial charge in [-0.3, -0.25) is 0 Å². The van der Waals surface area contributed by atoms with E-state index < -0.39 is 0 Å². The number of nitrogens with one attached hydrogen (secondary N) is 1. The Labute approximate surface area is 127 Å². The van der Waals surface area contributed by atoms with Crippen LogP contribution < -0.4 is 5.32 Å². The molecule has 2 N–H and O–H groups in total. The highest BCUT2D eigenvalue weighted by molar-refractivity contribution is 5.48. The summed E-state index contributed by atoms with van der Waals surface area (Å²) < 4.78 is 13.6. The van der Waals surface area contributed by atoms with Crippen LogP contribution in [0.2, 0.25) is 0 Å². The Bertz CT molecular complexity index is 486. The normalized spacial score (nSPS) is 22.8. The van der Waals surface area contributed by atoms with Crippen LogP contribution in [0.1, 0.15) is 52.5 Å². The summed E-state index contributed by atoms with van der Waals surface area (Å²) in [5.41, 5.74) is 1.57. The van der Waals surface area contributed by atoms with Crippen molar-refractivity contribution in [3.05, 3.63) is 29.6 Å². The SMILES string of the molecule is Cc1cc(F)cc(NC2(CO)CC(C)(C)CC(C)(C)C2)c1. The smallest absolute Gasteiger partial charge is 0.125 e. The third-order valence-electron chi connectivity index (χ3n) is 4.35. The summed E-state index contributed by atoms with van der Waals surface area (Å²) in [7, 11) is 0. The van der Waals surface area contributed by atoms with Crippen molar-refractivity contribution in [2.24, 2.45) is 10.8 Å². The number of benzene rings is 1. The van der Waals surface area contributed by atoms with Crippen LogP contribution in [0, 0.1) is 23.6 Å². The maximum Gasteiger partial charge on any atom is 0.125 e. The Kier molecular flexibility index (Phi) is 4.09. The van der Waals surface area contributed by atoms with E-state index in [1.807, 2.05) is 13.0 Å². The molecule has 118 valence electrons. The zero-order valence-electron chi connectivity index (χ0n) is 13.9. The molecule has 3 heteroatoms. The van der Waals surface area contributed by atoms with E-state index in [1.165, 1.54) is 12.1 Å². The molecule has 1 fully saturated rings. The number of hydrogen-bond donors (Lipinski definition) is 2. The minimum Gasteiger partial charge on any atom is -0.394 e. The highest BCUT2D eigenvalue weighted by Gasteiger charge is 2.47. The number of hydrogen-bond acceptors (Lipinski definition) is 2. The predicted octanol–water partition coefficient (Wildman–Crippen LogP) is 4.51. The van der Waals surface area contributed by atoms with Crippen LogP contribution in [0.3, 0.4) is 0 Å². The number of aryl methyl sites for hydroxylation is 1. The Morgan fingerprint density at radius 1 is 1.05 bits per heavy atom. The molecule has 0 unspecified atom stereocenters. The quantitative estimate of drug-likeness (QED) is 0.859. The molecule has 0 spiro atoms. The summed E-state index contributed by atoms with van der Waals surface area (Å²) in [5.74, 6) is -0.236. The zero-order chi connectivity index (χ0) is 15.9. The fraction of sp³-hybridized carbons (Fsp3) is 0.667. The van der Waals surface area contributed by atoms with Crippen LogP contribution >= 0.6 is 0 Å². The fourth-order valence-corrected chi connectivity index (χ4v) is 4.67. The van der Waals surface area contributed by atoms with E-state index in [2.05, 4.69) is 33.0 Å². The van der Waals surface area contributed by atoms with Gasteiger partial charge in [0.05, 0.1) is 12.1 Å². The molecule has 0 aromatic heterocycles. The van der Waals surface area contributed by atoms with Gasteiger partial charge in [0, 0.05) is 5.69 Å². The van der Waals surface area contributed by atoms with Crippen molar-refractivity contribution in [1.82, 2.24) is 0 Å². The standard InChI is InChI=1S/C18H28FNO/c1-13-6-14(19)8-15(7-13)20-18(12-21)10-16(2,3)9-17(4,5)11-18/h6-8,20-21H,9-12H2,1-5H3. The molecule has 0 saturated heterocycles. The number of aliphatic hydroxyl groups excluding tert-OH is 1. The van der Waals surface area contributed by atoms with Crippen LogP contribution in [-0.4, -0.2) is 17.3 Å². The lowest BCUT2D eigenvalue weighted by molar-refractivity contribution is 0.0288. The van der Waals surface area contributed by atoms with Gasteiger partial charge < -0.3 is 10.4 Å². The van der Waals surface area contributed by atoms with Gasteiger partial charge in [-0.15, -0.1) is 0 Å². The fourth-order valence-electron chi connectivity index (χ4n) is 4.67. The summed E-state index contributed by atoms with van der Waals surface area (Å²) in [6, 6.07) is 4.97. The lowest BCUT2D eigenvalue weighted by Crippen LogP contribution is -2.53. The Balaban J connectivity index is 2.32. The second-order valence-corrected chi connectivity index (χ2v) is 8.44. The minimum atomic E-state index is -0.383. The summed E-state index contributed by atoms with van der Waals surface area (Å²) in [6.07, 6.45) is 2.90. The van der Waals surface area contributed by atoms with Crippen molar-refractivity contribution < 1.29 is 9.50 Å². The molecule has 21 heavy (non-hydrogen) atoms. The Morgan fingerprint density at radius 3 is 2.10 bits per heavy atom. The van der Waals surface area contributed by atoms with Crippen molar-refractivity contribution in [3.8, 4) is 0 Å². The summed E-state index contributed by atoms with van der Waals surface area (Å²) in [6.45, 7) is 10.9. The van der Waals surface area contributed by atoms with Crippen LogP contribution in [0.4, 0.5) is 10.1 Å². The van der Waals surface area contributed by atoms with Gasteiger partial charge >= 0.3 is 0 Å². The largest absolute Gasteiger partial charge is 0.394 e. The van der Waals surface area contributed by atoms with Crippen LogP contribution in [0.5, 0.6) is 0 Å². The van der Waals surface area contributed by atoms with Gasteiger partial charge in [0.25, 0.3) is 0 Å². The highest BCUT2D eigenvalue weighted by atomic mass is 19.1. The van der Waals surface area contributed by atoms with Gasteiger partial charge in [0.1, 0.15) is 5.82 Å². The molecule has 0 heterocycles. The molecule has 1 aromatic carbocycles. The van der Waals surface area contributed by atoms with E-state index in [-0.39, 0.29) is 28.8 Å². The number of rotatable bonds is 3. The van der Waals surface area contributed by atoms with E-state index in [1.54, 1.807) is 0 Å². The maximum absolute atomic E-state index is 13.6. The molecule has 0 amide bonds. The van der Waals surface area contributed by atoms with Crippen molar-refractivity contribution in [2.45, 2.75) is 59.4 Å². The molecule has 2 nitrogen and oxygen atoms in total. The molecule has 1 saturated carbocycles. The van der Waals surface area contributed by atoms with E-state index in [0.717, 1.165) is 30.5 Å². The topological polar surface area (TPSA) is 32.3 Å². The second-order valence-electron chi connectivity index (χ2n) is 8.44. The Morgan fingerprint density at radius 2 is 1.62 bits per heavy atom. The average Bonchev–Trinajstić information content (AvgIpc) is 2.22. The first-order chi connectivity index (χ1) is 9.55. The van der Waals surface area contributed by atoms with E-state index >= 15 is 0 Å². The predicted molar refractivity (Wildman–Crippen MR) is 86.0 cm³/mol. The van der Waals surface area contributed by atoms with Gasteiger partial charge in [0.2, 0.25) is 0 Å². The molecule has 0 atom stereocenters. The summed E-state index contributed by atoms with van der Waals surface area (Å²) >= 11 is 0. The molecular weight excluding hydrogens is 265 g/mol. The van der Waals surface area contributed by atoms with E-state index in [9.17, 15) is 9.50 Å².